The van der Waals surface area contributed by atoms with Gasteiger partial charge in [0.1, 0.15) is 0 Å². The summed E-state index contributed by atoms with van der Waals surface area (Å²) in [7, 11) is -8.16. The van der Waals surface area contributed by atoms with Crippen LogP contribution in [0.3, 0.4) is 0 Å². The lowest BCUT2D eigenvalue weighted by molar-refractivity contribution is 0.556. The first-order valence-corrected chi connectivity index (χ1v) is 18.3. The molecule has 14 heteroatoms. The maximum absolute atomic E-state index is 13.9. The van der Waals surface area contributed by atoms with Crippen LogP contribution in [0.5, 0.6) is 0 Å². The fourth-order valence-electron chi connectivity index (χ4n) is 4.57. The first-order valence-electron chi connectivity index (χ1n) is 13.2. The minimum absolute atomic E-state index is 0.0284. The molecule has 4 aromatic rings. The van der Waals surface area contributed by atoms with E-state index < -0.39 is 26.1 Å². The summed E-state index contributed by atoms with van der Waals surface area (Å²) in [5, 5.41) is 1.82. The van der Waals surface area contributed by atoms with Crippen molar-refractivity contribution in [2.75, 3.05) is 15.2 Å². The minimum atomic E-state index is -4.10. The third-order valence-corrected chi connectivity index (χ3v) is 12.1. The molecule has 0 bridgehead atoms. The second-order valence-corrected chi connectivity index (χ2v) is 16.1. The van der Waals surface area contributed by atoms with Crippen LogP contribution in [0, 0.1) is 0 Å². The van der Waals surface area contributed by atoms with Gasteiger partial charge in [0, 0.05) is 32.7 Å². The lowest BCUT2D eigenvalue weighted by Crippen LogP contribution is -2.39. The van der Waals surface area contributed by atoms with Crippen LogP contribution in [0.15, 0.2) is 94.7 Å². The molecule has 0 radical (unpaired) electrons. The number of hydrogen-bond donors (Lipinski definition) is 0. The summed E-state index contributed by atoms with van der Waals surface area (Å²) in [6.07, 6.45) is 1.16. The molecule has 0 aliphatic heterocycles. The first kappa shape index (κ1) is 35.0. The fraction of sp³-hybridized carbons (Fsp3) is 0.200. The Hall–Kier alpha value is -1.88. The molecular weight excluding hydrogens is 729 g/mol. The van der Waals surface area contributed by atoms with Gasteiger partial charge in [-0.3, -0.25) is 8.61 Å². The van der Waals surface area contributed by atoms with Crippen LogP contribution < -0.4 is 8.61 Å². The maximum atomic E-state index is 13.9. The van der Waals surface area contributed by atoms with E-state index in [4.69, 9.17) is 69.6 Å². The number of halogens is 6. The second kappa shape index (κ2) is 14.7. The van der Waals surface area contributed by atoms with Crippen LogP contribution in [0.1, 0.15) is 26.2 Å². The van der Waals surface area contributed by atoms with E-state index in [2.05, 4.69) is 0 Å². The molecule has 0 amide bonds. The van der Waals surface area contributed by atoms with Crippen molar-refractivity contribution >= 4 is 101 Å². The molecule has 0 N–H and O–H groups in total. The molecule has 0 fully saturated rings. The van der Waals surface area contributed by atoms with E-state index in [1.807, 2.05) is 0 Å². The predicted molar refractivity (Wildman–Crippen MR) is 183 cm³/mol. The molecule has 4 aromatic carbocycles. The number of benzene rings is 4. The Bertz CT molecular complexity index is 1840. The van der Waals surface area contributed by atoms with E-state index in [-0.39, 0.29) is 37.8 Å². The normalized spacial score (nSPS) is 12.6. The highest BCUT2D eigenvalue weighted by atomic mass is 35.5. The van der Waals surface area contributed by atoms with Gasteiger partial charge in [0.15, 0.2) is 0 Å². The average molecular weight is 755 g/mol. The molecule has 0 aliphatic carbocycles. The van der Waals surface area contributed by atoms with Gasteiger partial charge in [-0.1, -0.05) is 69.6 Å². The number of anilines is 2. The lowest BCUT2D eigenvalue weighted by Gasteiger charge is -2.32. The van der Waals surface area contributed by atoms with Gasteiger partial charge in [0.2, 0.25) is 0 Å². The van der Waals surface area contributed by atoms with Crippen molar-refractivity contribution in [2.45, 2.75) is 42.0 Å². The molecule has 4 rings (SSSR count). The van der Waals surface area contributed by atoms with Crippen LogP contribution >= 0.6 is 69.6 Å². The van der Waals surface area contributed by atoms with Gasteiger partial charge in [-0.2, -0.15) is 0 Å². The smallest absolute Gasteiger partial charge is 0.264 e. The van der Waals surface area contributed by atoms with E-state index in [1.54, 1.807) is 19.1 Å². The molecule has 0 heterocycles. The molecule has 1 unspecified atom stereocenters. The Balaban J connectivity index is 1.61. The van der Waals surface area contributed by atoms with E-state index in [0.29, 0.717) is 39.4 Å². The Labute approximate surface area is 288 Å². The van der Waals surface area contributed by atoms with Gasteiger partial charge < -0.3 is 0 Å². The Morgan fingerprint density at radius 3 is 1.52 bits per heavy atom. The Morgan fingerprint density at radius 1 is 0.568 bits per heavy atom. The second-order valence-electron chi connectivity index (χ2n) is 9.82. The van der Waals surface area contributed by atoms with Crippen molar-refractivity contribution in [3.05, 3.63) is 115 Å². The molecule has 234 valence electrons. The van der Waals surface area contributed by atoms with Crippen LogP contribution in [0.25, 0.3) is 0 Å². The van der Waals surface area contributed by atoms with Crippen LogP contribution in [-0.2, 0) is 20.0 Å². The zero-order chi connectivity index (χ0) is 32.2. The number of rotatable bonds is 12. The number of nitrogens with zero attached hydrogens (tertiary/aromatic N) is 2. The van der Waals surface area contributed by atoms with Crippen LogP contribution in [0.2, 0.25) is 30.1 Å². The summed E-state index contributed by atoms with van der Waals surface area (Å²) < 4.78 is 57.8. The summed E-state index contributed by atoms with van der Waals surface area (Å²) in [5.41, 5.74) is 0.444. The molecule has 6 nitrogen and oxygen atoms in total. The van der Waals surface area contributed by atoms with Crippen LogP contribution in [-0.4, -0.2) is 29.4 Å². The number of unbranched alkanes of at least 4 members (excludes halogenated alkanes) is 1. The number of hydrogen-bond acceptors (Lipinski definition) is 4. The quantitative estimate of drug-likeness (QED) is 0.135. The van der Waals surface area contributed by atoms with E-state index in [0.717, 1.165) is 0 Å². The van der Waals surface area contributed by atoms with Gasteiger partial charge >= 0.3 is 0 Å². The topological polar surface area (TPSA) is 74.8 Å². The third kappa shape index (κ3) is 8.09. The van der Waals surface area contributed by atoms with Crippen molar-refractivity contribution < 1.29 is 16.8 Å². The largest absolute Gasteiger partial charge is 0.265 e. The zero-order valence-electron chi connectivity index (χ0n) is 23.1. The van der Waals surface area contributed by atoms with Gasteiger partial charge in [0.25, 0.3) is 20.0 Å². The molecule has 1 atom stereocenters. The van der Waals surface area contributed by atoms with Crippen molar-refractivity contribution in [2.24, 2.45) is 0 Å². The highest BCUT2D eigenvalue weighted by Gasteiger charge is 2.32. The summed E-state index contributed by atoms with van der Waals surface area (Å²) in [6.45, 7) is 1.79. The van der Waals surface area contributed by atoms with Crippen molar-refractivity contribution in [1.29, 1.82) is 0 Å². The molecule has 0 saturated carbocycles. The average Bonchev–Trinajstić information content (AvgIpc) is 2.96. The molecule has 44 heavy (non-hydrogen) atoms. The summed E-state index contributed by atoms with van der Waals surface area (Å²) in [4.78, 5) is 0.0581. The van der Waals surface area contributed by atoms with Crippen molar-refractivity contribution in [3.63, 3.8) is 0 Å². The van der Waals surface area contributed by atoms with Gasteiger partial charge in [-0.05, 0) is 111 Å². The van der Waals surface area contributed by atoms with E-state index in [9.17, 15) is 16.8 Å². The van der Waals surface area contributed by atoms with Crippen molar-refractivity contribution in [3.8, 4) is 0 Å². The fourth-order valence-corrected chi connectivity index (χ4v) is 8.90. The van der Waals surface area contributed by atoms with E-state index >= 15 is 0 Å². The van der Waals surface area contributed by atoms with Crippen molar-refractivity contribution in [1.82, 2.24) is 0 Å². The molecule has 0 spiro atoms. The molecule has 0 aromatic heterocycles. The van der Waals surface area contributed by atoms with Crippen LogP contribution in [0.4, 0.5) is 11.4 Å². The van der Waals surface area contributed by atoms with Gasteiger partial charge in [0.05, 0.1) is 31.2 Å². The predicted octanol–water partition coefficient (Wildman–Crippen LogP) is 10.3. The maximum Gasteiger partial charge on any atom is 0.264 e. The lowest BCUT2D eigenvalue weighted by atomic mass is 10.1. The SMILES string of the molecule is CC(CCCCN(c1cc(Cl)ccc1Cl)S(=O)(=O)c1ccc(Cl)cc1)N(c1cc(Cl)ccc1Cl)S(=O)(=O)c1ccc(Cl)cc1. The summed E-state index contributed by atoms with van der Waals surface area (Å²) >= 11 is 37.4. The number of sulfonamides is 2. The third-order valence-electron chi connectivity index (χ3n) is 6.73. The Kier molecular flexibility index (Phi) is 11.7. The standard InChI is InChI=1S/C30H26Cl6N2O4S2/c1-20(38(30-19-24(34)10-16-28(30)36)44(41,42)26-13-7-22(32)8-14-26)4-2-3-17-37(29-18-23(33)9-15-27(29)35)43(39,40)25-11-5-21(31)6-12-25/h5-16,18-20H,2-4,17H2,1H3. The first-order chi connectivity index (χ1) is 20.7. The summed E-state index contributed by atoms with van der Waals surface area (Å²) in [5.74, 6) is 0. The molecule has 0 aliphatic rings. The monoisotopic (exact) mass is 752 g/mol. The minimum Gasteiger partial charge on any atom is -0.265 e. The highest BCUT2D eigenvalue weighted by Crippen LogP contribution is 2.37. The van der Waals surface area contributed by atoms with Gasteiger partial charge in [-0.25, -0.2) is 16.8 Å². The molecular formula is C30H26Cl6N2O4S2. The van der Waals surface area contributed by atoms with E-state index in [1.165, 1.54) is 81.4 Å². The van der Waals surface area contributed by atoms with Gasteiger partial charge in [-0.15, -0.1) is 0 Å². The summed E-state index contributed by atoms with van der Waals surface area (Å²) in [6, 6.07) is 20.2. The highest BCUT2D eigenvalue weighted by molar-refractivity contribution is 7.93. The molecule has 0 saturated heterocycles. The zero-order valence-corrected chi connectivity index (χ0v) is 29.3. The Morgan fingerprint density at radius 2 is 1.00 bits per heavy atom.